The smallest absolute Gasteiger partial charge is 0.407 e. The first-order valence-electron chi connectivity index (χ1n) is 9.44. The number of rotatable bonds is 4. The van der Waals surface area contributed by atoms with E-state index in [-0.39, 0.29) is 31.2 Å². The maximum absolute atomic E-state index is 13.5. The van der Waals surface area contributed by atoms with Gasteiger partial charge in [0.2, 0.25) is 5.91 Å². The van der Waals surface area contributed by atoms with Gasteiger partial charge >= 0.3 is 6.09 Å². The van der Waals surface area contributed by atoms with E-state index in [0.29, 0.717) is 17.0 Å². The van der Waals surface area contributed by atoms with Gasteiger partial charge in [0.15, 0.2) is 0 Å². The zero-order valence-corrected chi connectivity index (χ0v) is 16.2. The lowest BCUT2D eigenvalue weighted by atomic mass is 9.98. The van der Waals surface area contributed by atoms with Crippen LogP contribution in [0.2, 0.25) is 0 Å². The fraction of sp³-hybridized carbons (Fsp3) is 0.238. The van der Waals surface area contributed by atoms with Crippen molar-refractivity contribution in [2.45, 2.75) is 19.0 Å². The molecule has 0 saturated heterocycles. The number of nitrogens with one attached hydrogen (secondary N) is 1. The van der Waals surface area contributed by atoms with E-state index < -0.39 is 12.1 Å². The number of carboxylic acid groups (broad SMARTS) is 1. The molecule has 0 saturated carbocycles. The number of amides is 2. The minimum absolute atomic E-state index is 0.0909. The quantitative estimate of drug-likeness (QED) is 0.690. The van der Waals surface area contributed by atoms with Crippen LogP contribution in [0.4, 0.5) is 9.18 Å². The van der Waals surface area contributed by atoms with Gasteiger partial charge in [0.25, 0.3) is 0 Å². The van der Waals surface area contributed by atoms with Crippen molar-refractivity contribution in [3.63, 3.8) is 0 Å². The monoisotopic (exact) mass is 409 g/mol. The van der Waals surface area contributed by atoms with Crippen molar-refractivity contribution < 1.29 is 19.1 Å². The van der Waals surface area contributed by atoms with E-state index in [2.05, 4.69) is 10.3 Å². The summed E-state index contributed by atoms with van der Waals surface area (Å²) in [4.78, 5) is 29.2. The minimum atomic E-state index is -1.06. The van der Waals surface area contributed by atoms with Gasteiger partial charge in [0.1, 0.15) is 11.5 Å². The molecule has 9 heteroatoms. The van der Waals surface area contributed by atoms with Crippen molar-refractivity contribution in [1.29, 1.82) is 0 Å². The van der Waals surface area contributed by atoms with Gasteiger partial charge in [0, 0.05) is 37.1 Å². The molecule has 1 atom stereocenters. The first-order valence-corrected chi connectivity index (χ1v) is 9.44. The van der Waals surface area contributed by atoms with Crippen molar-refractivity contribution in [3.05, 3.63) is 60.3 Å². The molecule has 1 aliphatic rings. The summed E-state index contributed by atoms with van der Waals surface area (Å²) in [6.07, 6.45) is 2.32. The Morgan fingerprint density at radius 3 is 2.50 bits per heavy atom. The summed E-state index contributed by atoms with van der Waals surface area (Å²) in [6.45, 7) is 0.279. The highest BCUT2D eigenvalue weighted by atomic mass is 19.1. The Morgan fingerprint density at radius 1 is 1.17 bits per heavy atom. The number of aromatic nitrogens is 3. The first kappa shape index (κ1) is 19.6. The molecule has 1 aromatic carbocycles. The van der Waals surface area contributed by atoms with Crippen LogP contribution in [-0.4, -0.2) is 50.4 Å². The zero-order valence-electron chi connectivity index (χ0n) is 16.2. The van der Waals surface area contributed by atoms with E-state index in [1.165, 1.54) is 24.1 Å². The molecule has 2 aromatic heterocycles. The third-order valence-corrected chi connectivity index (χ3v) is 5.18. The average molecular weight is 409 g/mol. The van der Waals surface area contributed by atoms with E-state index in [9.17, 15) is 19.1 Å². The van der Waals surface area contributed by atoms with E-state index in [0.717, 1.165) is 11.1 Å². The number of pyridine rings is 1. The van der Waals surface area contributed by atoms with Crippen LogP contribution in [0.1, 0.15) is 18.2 Å². The molecular weight excluding hydrogens is 389 g/mol. The summed E-state index contributed by atoms with van der Waals surface area (Å²) in [5.74, 6) is -0.565. The van der Waals surface area contributed by atoms with E-state index >= 15 is 0 Å². The lowest BCUT2D eigenvalue weighted by Gasteiger charge is -2.32. The van der Waals surface area contributed by atoms with Gasteiger partial charge in [-0.2, -0.15) is 5.10 Å². The maximum Gasteiger partial charge on any atom is 0.407 e. The summed E-state index contributed by atoms with van der Waals surface area (Å²) in [7, 11) is 1.54. The van der Waals surface area contributed by atoms with Crippen molar-refractivity contribution in [2.75, 3.05) is 13.6 Å². The Balaban J connectivity index is 1.92. The highest BCUT2D eigenvalue weighted by molar-refractivity contribution is 5.83. The Labute approximate surface area is 172 Å². The van der Waals surface area contributed by atoms with Crippen LogP contribution < -0.4 is 5.32 Å². The van der Waals surface area contributed by atoms with Gasteiger partial charge in [-0.15, -0.1) is 0 Å². The molecule has 3 heterocycles. The predicted molar refractivity (Wildman–Crippen MR) is 107 cm³/mol. The number of halogens is 1. The molecule has 154 valence electrons. The normalized spacial score (nSPS) is 15.5. The number of carbonyl (C=O) groups excluding carboxylic acids is 1. The first-order chi connectivity index (χ1) is 14.5. The molecule has 1 unspecified atom stereocenters. The number of carbonyl (C=O) groups is 2. The summed E-state index contributed by atoms with van der Waals surface area (Å²) in [5, 5.41) is 17.0. The molecule has 0 aliphatic carbocycles. The number of hydrogen-bond acceptors (Lipinski definition) is 4. The molecule has 8 nitrogen and oxygen atoms in total. The van der Waals surface area contributed by atoms with Gasteiger partial charge in [-0.3, -0.25) is 14.5 Å². The zero-order chi connectivity index (χ0) is 21.3. The molecular formula is C21H20FN5O3. The predicted octanol–water partition coefficient (Wildman–Crippen LogP) is 2.92. The van der Waals surface area contributed by atoms with E-state index in [1.54, 1.807) is 29.2 Å². The molecule has 0 fully saturated rings. The van der Waals surface area contributed by atoms with Crippen LogP contribution in [0.15, 0.2) is 48.8 Å². The molecule has 0 spiro atoms. The molecule has 3 aromatic rings. The highest BCUT2D eigenvalue weighted by Crippen LogP contribution is 2.39. The van der Waals surface area contributed by atoms with Gasteiger partial charge in [-0.1, -0.05) is 0 Å². The van der Waals surface area contributed by atoms with Crippen LogP contribution in [-0.2, 0) is 11.3 Å². The summed E-state index contributed by atoms with van der Waals surface area (Å²) in [5.41, 5.74) is 3.55. The molecule has 4 rings (SSSR count). The number of fused-ring (bicyclic) bond motifs is 1. The van der Waals surface area contributed by atoms with Crippen LogP contribution in [0, 0.1) is 5.82 Å². The molecule has 1 aliphatic heterocycles. The van der Waals surface area contributed by atoms with Gasteiger partial charge in [0.05, 0.1) is 24.7 Å². The lowest BCUT2D eigenvalue weighted by molar-refractivity contribution is -0.121. The van der Waals surface area contributed by atoms with Crippen molar-refractivity contribution in [1.82, 2.24) is 25.0 Å². The largest absolute Gasteiger partial charge is 0.465 e. The van der Waals surface area contributed by atoms with E-state index in [1.807, 2.05) is 12.1 Å². The van der Waals surface area contributed by atoms with Crippen molar-refractivity contribution >= 4 is 12.0 Å². The highest BCUT2D eigenvalue weighted by Gasteiger charge is 2.34. The second-order valence-electron chi connectivity index (χ2n) is 7.05. The summed E-state index contributed by atoms with van der Waals surface area (Å²) >= 11 is 0. The van der Waals surface area contributed by atoms with E-state index in [4.69, 9.17) is 5.10 Å². The van der Waals surface area contributed by atoms with Gasteiger partial charge in [-0.05, 0) is 42.0 Å². The van der Waals surface area contributed by atoms with Crippen molar-refractivity contribution in [3.8, 4) is 22.4 Å². The Bertz CT molecular complexity index is 1080. The maximum atomic E-state index is 13.5. The lowest BCUT2D eigenvalue weighted by Crippen LogP contribution is -2.42. The van der Waals surface area contributed by atoms with Crippen LogP contribution in [0.25, 0.3) is 22.4 Å². The second kappa shape index (κ2) is 7.94. The van der Waals surface area contributed by atoms with Crippen LogP contribution >= 0.6 is 0 Å². The molecule has 0 radical (unpaired) electrons. The molecule has 0 bridgehead atoms. The molecule has 30 heavy (non-hydrogen) atoms. The molecule has 2 amide bonds. The number of hydrogen-bond donors (Lipinski definition) is 2. The van der Waals surface area contributed by atoms with Gasteiger partial charge < -0.3 is 15.3 Å². The third kappa shape index (κ3) is 3.61. The summed E-state index contributed by atoms with van der Waals surface area (Å²) in [6, 6.07) is 9.16. The van der Waals surface area contributed by atoms with Crippen LogP contribution in [0.3, 0.4) is 0 Å². The topological polar surface area (TPSA) is 100 Å². The standard InChI is InChI=1S/C21H20FN5O3/c1-23-18(28)10-16-11-26(21(29)30)12-17-19(13-6-8-24-9-7-13)20(25-27(16)17)14-2-4-15(22)5-3-14/h2-9,16H,10-12H2,1H3,(H,23,28)(H,29,30). The Kier molecular flexibility index (Phi) is 5.18. The SMILES string of the molecule is CNC(=O)CC1CN(C(=O)O)Cc2c(-c3ccncc3)c(-c3ccc(F)cc3)nn21. The number of benzene rings is 1. The Morgan fingerprint density at radius 2 is 1.87 bits per heavy atom. The average Bonchev–Trinajstić information content (AvgIpc) is 3.14. The summed E-state index contributed by atoms with van der Waals surface area (Å²) < 4.78 is 15.2. The van der Waals surface area contributed by atoms with Crippen LogP contribution in [0.5, 0.6) is 0 Å². The second-order valence-corrected chi connectivity index (χ2v) is 7.05. The van der Waals surface area contributed by atoms with Crippen molar-refractivity contribution in [2.24, 2.45) is 0 Å². The third-order valence-electron chi connectivity index (χ3n) is 5.18. The van der Waals surface area contributed by atoms with Gasteiger partial charge in [-0.25, -0.2) is 9.18 Å². The molecule has 2 N–H and O–H groups in total. The number of nitrogens with zero attached hydrogens (tertiary/aromatic N) is 4. The Hall–Kier alpha value is -3.75. The fourth-order valence-electron chi connectivity index (χ4n) is 3.74. The minimum Gasteiger partial charge on any atom is -0.465 e. The fourth-order valence-corrected chi connectivity index (χ4v) is 3.74.